The minimum Gasteiger partial charge on any atom is -0.444 e. The Balaban J connectivity index is 1.56. The van der Waals surface area contributed by atoms with Crippen molar-refractivity contribution >= 4 is 33.3 Å². The molecule has 0 saturated carbocycles. The first-order chi connectivity index (χ1) is 11.8. The van der Waals surface area contributed by atoms with Gasteiger partial charge in [0.05, 0.1) is 15.2 Å². The summed E-state index contributed by atoms with van der Waals surface area (Å²) in [5.74, 6) is 0.439. The van der Waals surface area contributed by atoms with Gasteiger partial charge in [0.2, 0.25) is 0 Å². The van der Waals surface area contributed by atoms with Gasteiger partial charge in [0, 0.05) is 25.3 Å². The summed E-state index contributed by atoms with van der Waals surface area (Å²) in [4.78, 5) is 18.6. The summed E-state index contributed by atoms with van der Waals surface area (Å²) in [5, 5.41) is 4.60. The van der Waals surface area contributed by atoms with Gasteiger partial charge in [-0.05, 0) is 64.7 Å². The van der Waals surface area contributed by atoms with Crippen molar-refractivity contribution in [3.8, 4) is 0 Å². The maximum atomic E-state index is 12.3. The number of likely N-dealkylation sites (tertiary alicyclic amines) is 1. The highest BCUT2D eigenvalue weighted by Gasteiger charge is 2.27. The number of nitrogens with zero attached hydrogens (tertiary/aromatic N) is 2. The monoisotopic (exact) mass is 361 g/mol. The quantitative estimate of drug-likeness (QED) is 0.863. The Kier molecular flexibility index (Phi) is 5.18. The van der Waals surface area contributed by atoms with Gasteiger partial charge in [-0.3, -0.25) is 0 Å². The lowest BCUT2D eigenvalue weighted by molar-refractivity contribution is 0.0172. The lowest BCUT2D eigenvalue weighted by Gasteiger charge is -2.34. The van der Waals surface area contributed by atoms with Crippen LogP contribution in [0.1, 0.15) is 38.6 Å². The Morgan fingerprint density at radius 1 is 1.44 bits per heavy atom. The molecule has 1 aliphatic heterocycles. The van der Waals surface area contributed by atoms with E-state index < -0.39 is 5.60 Å². The van der Waals surface area contributed by atoms with Crippen LogP contribution in [0.5, 0.6) is 0 Å². The fraction of sp³-hybridized carbons (Fsp3) is 0.579. The van der Waals surface area contributed by atoms with E-state index in [4.69, 9.17) is 4.74 Å². The standard InChI is InChI=1S/C19H27N3O2S/c1-13-21-16-10-15(7-8-17(16)25-13)20-11-14-6-5-9-22(12-14)18(23)24-19(2,3)4/h7-8,10,14,20H,5-6,9,11-12H2,1-4H3. The highest BCUT2D eigenvalue weighted by atomic mass is 32.1. The van der Waals surface area contributed by atoms with E-state index in [0.29, 0.717) is 5.92 Å². The van der Waals surface area contributed by atoms with Gasteiger partial charge in [-0.15, -0.1) is 11.3 Å². The van der Waals surface area contributed by atoms with E-state index in [-0.39, 0.29) is 6.09 Å². The Morgan fingerprint density at radius 2 is 2.24 bits per heavy atom. The number of thiazole rings is 1. The van der Waals surface area contributed by atoms with Crippen LogP contribution in [0.4, 0.5) is 10.5 Å². The van der Waals surface area contributed by atoms with Crippen LogP contribution in [-0.2, 0) is 4.74 Å². The number of fused-ring (bicyclic) bond motifs is 1. The second-order valence-corrected chi connectivity index (χ2v) is 8.97. The van der Waals surface area contributed by atoms with Gasteiger partial charge in [-0.25, -0.2) is 9.78 Å². The van der Waals surface area contributed by atoms with E-state index in [1.54, 1.807) is 11.3 Å². The molecule has 1 fully saturated rings. The molecule has 136 valence electrons. The number of carbonyl (C=O) groups excluding carboxylic acids is 1. The largest absolute Gasteiger partial charge is 0.444 e. The average molecular weight is 362 g/mol. The van der Waals surface area contributed by atoms with E-state index in [0.717, 1.165) is 48.7 Å². The van der Waals surface area contributed by atoms with Gasteiger partial charge in [-0.2, -0.15) is 0 Å². The predicted molar refractivity (Wildman–Crippen MR) is 103 cm³/mol. The van der Waals surface area contributed by atoms with Crippen molar-refractivity contribution in [1.29, 1.82) is 0 Å². The molecule has 1 atom stereocenters. The van der Waals surface area contributed by atoms with Crippen molar-refractivity contribution in [3.63, 3.8) is 0 Å². The SMILES string of the molecule is Cc1nc2cc(NCC3CCCN(C(=O)OC(C)(C)C)C3)ccc2s1. The third kappa shape index (κ3) is 4.84. The zero-order chi connectivity index (χ0) is 18.0. The number of aryl methyl sites for hydroxylation is 1. The summed E-state index contributed by atoms with van der Waals surface area (Å²) < 4.78 is 6.72. The third-order valence-electron chi connectivity index (χ3n) is 4.26. The highest BCUT2D eigenvalue weighted by molar-refractivity contribution is 7.18. The molecule has 3 rings (SSSR count). The summed E-state index contributed by atoms with van der Waals surface area (Å²) in [5.41, 5.74) is 1.70. The molecule has 1 unspecified atom stereocenters. The molecule has 0 bridgehead atoms. The number of rotatable bonds is 3. The van der Waals surface area contributed by atoms with Gasteiger partial charge < -0.3 is 15.0 Å². The van der Waals surface area contributed by atoms with Crippen LogP contribution in [0.15, 0.2) is 18.2 Å². The van der Waals surface area contributed by atoms with Crippen LogP contribution in [0.25, 0.3) is 10.2 Å². The minimum absolute atomic E-state index is 0.198. The third-order valence-corrected chi connectivity index (χ3v) is 5.21. The van der Waals surface area contributed by atoms with Crippen molar-refractivity contribution < 1.29 is 9.53 Å². The number of piperidine rings is 1. The van der Waals surface area contributed by atoms with Crippen molar-refractivity contribution in [2.24, 2.45) is 5.92 Å². The number of aromatic nitrogens is 1. The van der Waals surface area contributed by atoms with Crippen molar-refractivity contribution in [1.82, 2.24) is 9.88 Å². The molecule has 1 amide bonds. The minimum atomic E-state index is -0.441. The molecular weight excluding hydrogens is 334 g/mol. The van der Waals surface area contributed by atoms with Gasteiger partial charge in [-0.1, -0.05) is 0 Å². The number of carbonyl (C=O) groups is 1. The molecule has 5 nitrogen and oxygen atoms in total. The smallest absolute Gasteiger partial charge is 0.410 e. The zero-order valence-corrected chi connectivity index (χ0v) is 16.3. The Labute approximate surface area is 153 Å². The van der Waals surface area contributed by atoms with E-state index >= 15 is 0 Å². The van der Waals surface area contributed by atoms with Gasteiger partial charge in [0.15, 0.2) is 0 Å². The molecule has 0 spiro atoms. The first-order valence-electron chi connectivity index (χ1n) is 8.89. The first-order valence-corrected chi connectivity index (χ1v) is 9.71. The van der Waals surface area contributed by atoms with Crippen LogP contribution in [0.2, 0.25) is 0 Å². The van der Waals surface area contributed by atoms with Gasteiger partial charge >= 0.3 is 6.09 Å². The number of hydrogen-bond acceptors (Lipinski definition) is 5. The maximum absolute atomic E-state index is 12.3. The van der Waals surface area contributed by atoms with Gasteiger partial charge in [0.25, 0.3) is 0 Å². The topological polar surface area (TPSA) is 54.5 Å². The Hall–Kier alpha value is -1.82. The summed E-state index contributed by atoms with van der Waals surface area (Å²) in [7, 11) is 0. The Bertz CT molecular complexity index is 751. The lowest BCUT2D eigenvalue weighted by Crippen LogP contribution is -2.44. The Morgan fingerprint density at radius 3 is 3.00 bits per heavy atom. The lowest BCUT2D eigenvalue weighted by atomic mass is 9.98. The fourth-order valence-electron chi connectivity index (χ4n) is 3.14. The molecule has 2 aromatic rings. The molecule has 2 heterocycles. The number of amides is 1. The number of benzene rings is 1. The van der Waals surface area contributed by atoms with Crippen LogP contribution < -0.4 is 5.32 Å². The van der Waals surface area contributed by atoms with Crippen LogP contribution >= 0.6 is 11.3 Å². The molecular formula is C19H27N3O2S. The van der Waals surface area contributed by atoms with Crippen molar-refractivity contribution in [2.45, 2.75) is 46.1 Å². The van der Waals surface area contributed by atoms with E-state index in [1.165, 1.54) is 4.70 Å². The highest BCUT2D eigenvalue weighted by Crippen LogP contribution is 2.25. The molecule has 1 aliphatic rings. The van der Waals surface area contributed by atoms with E-state index in [1.807, 2.05) is 32.6 Å². The van der Waals surface area contributed by atoms with Crippen LogP contribution in [0.3, 0.4) is 0 Å². The summed E-state index contributed by atoms with van der Waals surface area (Å²) in [6.45, 7) is 10.1. The molecule has 25 heavy (non-hydrogen) atoms. The molecule has 0 radical (unpaired) electrons. The number of ether oxygens (including phenoxy) is 1. The molecule has 0 aliphatic carbocycles. The number of anilines is 1. The second-order valence-electron chi connectivity index (χ2n) is 7.73. The van der Waals surface area contributed by atoms with Gasteiger partial charge in [0.1, 0.15) is 5.60 Å². The van der Waals surface area contributed by atoms with Crippen LogP contribution in [-0.4, -0.2) is 41.2 Å². The second kappa shape index (κ2) is 7.20. The fourth-order valence-corrected chi connectivity index (χ4v) is 3.95. The predicted octanol–water partition coefficient (Wildman–Crippen LogP) is 4.66. The van der Waals surface area contributed by atoms with E-state index in [9.17, 15) is 4.79 Å². The normalized spacial score (nSPS) is 18.4. The molecule has 1 N–H and O–H groups in total. The maximum Gasteiger partial charge on any atom is 0.410 e. The number of hydrogen-bond donors (Lipinski definition) is 1. The summed E-state index contributed by atoms with van der Waals surface area (Å²) >= 11 is 1.72. The van der Waals surface area contributed by atoms with Crippen molar-refractivity contribution in [2.75, 3.05) is 25.0 Å². The van der Waals surface area contributed by atoms with Crippen LogP contribution in [0, 0.1) is 12.8 Å². The molecule has 1 saturated heterocycles. The molecule has 1 aromatic carbocycles. The molecule has 1 aromatic heterocycles. The molecule has 6 heteroatoms. The first kappa shape index (κ1) is 18.0. The summed E-state index contributed by atoms with van der Waals surface area (Å²) in [6.07, 6.45) is 1.96. The van der Waals surface area contributed by atoms with Crippen molar-refractivity contribution in [3.05, 3.63) is 23.2 Å². The average Bonchev–Trinajstić information content (AvgIpc) is 2.91. The zero-order valence-electron chi connectivity index (χ0n) is 15.5. The summed E-state index contributed by atoms with van der Waals surface area (Å²) in [6, 6.07) is 6.33. The van der Waals surface area contributed by atoms with E-state index in [2.05, 4.69) is 28.5 Å². The number of nitrogens with one attached hydrogen (secondary N) is 1.